The number of hydrogen-bond donors (Lipinski definition) is 1. The summed E-state index contributed by atoms with van der Waals surface area (Å²) in [4.78, 5) is 3.84. The number of azo groups is 1. The van der Waals surface area contributed by atoms with Crippen LogP contribution in [0.4, 0.5) is 0 Å². The molecule has 0 spiro atoms. The van der Waals surface area contributed by atoms with Crippen LogP contribution in [0.3, 0.4) is 0 Å². The Kier molecular flexibility index (Phi) is 4.17. The molecule has 0 aromatic heterocycles. The maximum Gasteiger partial charge on any atom is 0.260 e. The summed E-state index contributed by atoms with van der Waals surface area (Å²) in [5.74, 6) is 0.815. The fourth-order valence-corrected chi connectivity index (χ4v) is 1.56. The van der Waals surface area contributed by atoms with Crippen LogP contribution in [-0.2, 0) is 0 Å². The lowest BCUT2D eigenvalue weighted by Gasteiger charge is -2.10. The molecule has 1 aliphatic rings. The zero-order valence-electron chi connectivity index (χ0n) is 10.3. The highest BCUT2D eigenvalue weighted by molar-refractivity contribution is 5.89. The van der Waals surface area contributed by atoms with E-state index in [2.05, 4.69) is 22.1 Å². The Morgan fingerprint density at radius 1 is 1.28 bits per heavy atom. The molecule has 0 saturated heterocycles. The summed E-state index contributed by atoms with van der Waals surface area (Å²) in [7, 11) is 0. The molecule has 0 aliphatic carbocycles. The standard InChI is InChI=1S/C13H16N4O/c1-2-3-8-18-11-6-4-10(5-7-11)12-9-15-13(14)17-16-12/h4-7,9,12,14H,2-3,8H2,1H3. The number of ether oxygens (including phenoxy) is 1. The molecule has 5 heteroatoms. The second kappa shape index (κ2) is 6.05. The monoisotopic (exact) mass is 244 g/mol. The van der Waals surface area contributed by atoms with Crippen molar-refractivity contribution in [3.8, 4) is 5.75 Å². The Bertz CT molecular complexity index is 448. The van der Waals surface area contributed by atoms with Crippen molar-refractivity contribution in [3.05, 3.63) is 29.8 Å². The molecule has 0 amide bonds. The van der Waals surface area contributed by atoms with Crippen LogP contribution in [0.5, 0.6) is 5.75 Å². The molecule has 0 fully saturated rings. The van der Waals surface area contributed by atoms with Crippen molar-refractivity contribution in [2.45, 2.75) is 25.8 Å². The van der Waals surface area contributed by atoms with Gasteiger partial charge in [-0.1, -0.05) is 25.5 Å². The van der Waals surface area contributed by atoms with E-state index in [1.54, 1.807) is 6.21 Å². The highest BCUT2D eigenvalue weighted by Gasteiger charge is 2.11. The molecule has 0 radical (unpaired) electrons. The Hall–Kier alpha value is -2.04. The maximum absolute atomic E-state index is 7.19. The minimum absolute atomic E-state index is 0.0502. The molecule has 1 N–H and O–H groups in total. The van der Waals surface area contributed by atoms with E-state index < -0.39 is 0 Å². The second-order valence-electron chi connectivity index (χ2n) is 4.03. The molecule has 1 aromatic carbocycles. The average Bonchev–Trinajstić information content (AvgIpc) is 2.41. The first-order valence-corrected chi connectivity index (χ1v) is 6.06. The Labute approximate surface area is 106 Å². The van der Waals surface area contributed by atoms with Crippen LogP contribution in [0.25, 0.3) is 0 Å². The van der Waals surface area contributed by atoms with Gasteiger partial charge in [0.1, 0.15) is 11.8 Å². The lowest BCUT2D eigenvalue weighted by atomic mass is 10.1. The quantitative estimate of drug-likeness (QED) is 0.792. The zero-order chi connectivity index (χ0) is 12.8. The van der Waals surface area contributed by atoms with E-state index in [0.717, 1.165) is 30.8 Å². The molecule has 94 valence electrons. The fourth-order valence-electron chi connectivity index (χ4n) is 1.56. The molecule has 1 aliphatic heterocycles. The zero-order valence-corrected chi connectivity index (χ0v) is 10.3. The molecule has 5 nitrogen and oxygen atoms in total. The number of rotatable bonds is 5. The smallest absolute Gasteiger partial charge is 0.260 e. The van der Waals surface area contributed by atoms with E-state index in [1.807, 2.05) is 24.3 Å². The lowest BCUT2D eigenvalue weighted by Crippen LogP contribution is -2.04. The van der Waals surface area contributed by atoms with Crippen molar-refractivity contribution >= 4 is 12.2 Å². The van der Waals surface area contributed by atoms with Gasteiger partial charge in [0.25, 0.3) is 5.96 Å². The summed E-state index contributed by atoms with van der Waals surface area (Å²) in [5.41, 5.74) is 0.998. The van der Waals surface area contributed by atoms with Crippen LogP contribution in [-0.4, -0.2) is 18.8 Å². The predicted molar refractivity (Wildman–Crippen MR) is 70.7 cm³/mol. The average molecular weight is 244 g/mol. The third kappa shape index (κ3) is 3.23. The normalized spacial score (nSPS) is 18.1. The maximum atomic E-state index is 7.19. The molecule has 18 heavy (non-hydrogen) atoms. The van der Waals surface area contributed by atoms with Gasteiger partial charge in [0.2, 0.25) is 0 Å². The van der Waals surface area contributed by atoms with Crippen molar-refractivity contribution < 1.29 is 4.74 Å². The molecule has 1 aromatic rings. The number of nitrogens with zero attached hydrogens (tertiary/aromatic N) is 3. The lowest BCUT2D eigenvalue weighted by molar-refractivity contribution is 0.309. The first kappa shape index (κ1) is 12.4. The number of guanidine groups is 1. The minimum atomic E-state index is -0.191. The second-order valence-corrected chi connectivity index (χ2v) is 4.03. The molecular weight excluding hydrogens is 228 g/mol. The van der Waals surface area contributed by atoms with Gasteiger partial charge >= 0.3 is 0 Å². The van der Waals surface area contributed by atoms with Crippen LogP contribution < -0.4 is 4.74 Å². The molecule has 0 saturated carbocycles. The summed E-state index contributed by atoms with van der Waals surface area (Å²) in [6, 6.07) is 7.56. The van der Waals surface area contributed by atoms with Crippen LogP contribution >= 0.6 is 0 Å². The first-order valence-electron chi connectivity index (χ1n) is 6.06. The Balaban J connectivity index is 1.97. The fraction of sp³-hybridized carbons (Fsp3) is 0.385. The van der Waals surface area contributed by atoms with Gasteiger partial charge in [-0.05, 0) is 24.1 Å². The predicted octanol–water partition coefficient (Wildman–Crippen LogP) is 3.38. The van der Waals surface area contributed by atoms with Gasteiger partial charge in [-0.25, -0.2) is 4.99 Å². The summed E-state index contributed by atoms with van der Waals surface area (Å²) in [6.45, 7) is 2.88. The van der Waals surface area contributed by atoms with Crippen molar-refractivity contribution in [1.82, 2.24) is 0 Å². The molecule has 0 bridgehead atoms. The summed E-state index contributed by atoms with van der Waals surface area (Å²) in [6.07, 6.45) is 3.82. The number of hydrogen-bond acceptors (Lipinski definition) is 3. The SMILES string of the molecule is CCCCOc1ccc(C2C=NC(=N)N=N2)cc1. The van der Waals surface area contributed by atoms with Crippen molar-refractivity contribution in [3.63, 3.8) is 0 Å². The van der Waals surface area contributed by atoms with Crippen LogP contribution in [0.15, 0.2) is 39.5 Å². The first-order chi connectivity index (χ1) is 8.79. The highest BCUT2D eigenvalue weighted by Crippen LogP contribution is 2.21. The van der Waals surface area contributed by atoms with E-state index in [9.17, 15) is 0 Å². The molecular formula is C13H16N4O. The van der Waals surface area contributed by atoms with Crippen LogP contribution in [0, 0.1) is 5.41 Å². The van der Waals surface area contributed by atoms with Crippen LogP contribution in [0.2, 0.25) is 0 Å². The third-order valence-corrected chi connectivity index (χ3v) is 2.60. The minimum Gasteiger partial charge on any atom is -0.494 e. The molecule has 2 rings (SSSR count). The molecule has 1 unspecified atom stereocenters. The summed E-state index contributed by atoms with van der Waals surface area (Å²) >= 11 is 0. The topological polar surface area (TPSA) is 70.2 Å². The van der Waals surface area contributed by atoms with Gasteiger partial charge in [-0.15, -0.1) is 5.11 Å². The van der Waals surface area contributed by atoms with Gasteiger partial charge < -0.3 is 4.74 Å². The van der Waals surface area contributed by atoms with E-state index in [4.69, 9.17) is 10.1 Å². The van der Waals surface area contributed by atoms with E-state index >= 15 is 0 Å². The van der Waals surface area contributed by atoms with E-state index in [0.29, 0.717) is 0 Å². The third-order valence-electron chi connectivity index (χ3n) is 2.60. The number of nitrogens with one attached hydrogen (secondary N) is 1. The van der Waals surface area contributed by atoms with Crippen molar-refractivity contribution in [2.24, 2.45) is 15.2 Å². The largest absolute Gasteiger partial charge is 0.494 e. The molecule has 1 heterocycles. The van der Waals surface area contributed by atoms with Gasteiger partial charge in [0.05, 0.1) is 6.61 Å². The number of benzene rings is 1. The van der Waals surface area contributed by atoms with Gasteiger partial charge in [0, 0.05) is 6.21 Å². The van der Waals surface area contributed by atoms with Gasteiger partial charge in [0.15, 0.2) is 0 Å². The van der Waals surface area contributed by atoms with E-state index in [-0.39, 0.29) is 12.0 Å². The van der Waals surface area contributed by atoms with E-state index in [1.165, 1.54) is 0 Å². The Morgan fingerprint density at radius 2 is 2.06 bits per heavy atom. The van der Waals surface area contributed by atoms with Crippen LogP contribution in [0.1, 0.15) is 31.4 Å². The molecule has 1 atom stereocenters. The van der Waals surface area contributed by atoms with Gasteiger partial charge in [-0.2, -0.15) is 5.11 Å². The highest BCUT2D eigenvalue weighted by atomic mass is 16.5. The van der Waals surface area contributed by atoms with Gasteiger partial charge in [-0.3, -0.25) is 5.41 Å². The number of unbranched alkanes of at least 4 members (excludes halogenated alkanes) is 1. The number of aliphatic imine (C=N–C) groups is 1. The Morgan fingerprint density at radius 3 is 2.67 bits per heavy atom. The summed E-state index contributed by atoms with van der Waals surface area (Å²) < 4.78 is 5.58. The van der Waals surface area contributed by atoms with Crippen molar-refractivity contribution in [2.75, 3.05) is 6.61 Å². The van der Waals surface area contributed by atoms with Crippen molar-refractivity contribution in [1.29, 1.82) is 5.41 Å². The summed E-state index contributed by atoms with van der Waals surface area (Å²) in [5, 5.41) is 14.8.